The smallest absolute Gasteiger partial charge is 0.188 e. The van der Waals surface area contributed by atoms with Crippen molar-refractivity contribution in [1.29, 1.82) is 0 Å². The van der Waals surface area contributed by atoms with Crippen molar-refractivity contribution >= 4 is 12.2 Å². The minimum atomic E-state index is 0.136. The van der Waals surface area contributed by atoms with Crippen molar-refractivity contribution in [2.75, 3.05) is 34.9 Å². The third-order valence-electron chi connectivity index (χ3n) is 3.23. The number of para-hydroxylation sites is 1. The number of ether oxygens (including phenoxy) is 5. The maximum Gasteiger partial charge on any atom is 0.188 e. The first-order valence-corrected chi connectivity index (χ1v) is 7.47. The number of methoxy groups -OCH3 is 3. The molecule has 2 aromatic carbocycles. The van der Waals surface area contributed by atoms with E-state index in [4.69, 9.17) is 23.7 Å². The van der Waals surface area contributed by atoms with Crippen LogP contribution in [-0.2, 0) is 9.47 Å². The summed E-state index contributed by atoms with van der Waals surface area (Å²) in [6.45, 7) is 0.283. The Labute approximate surface area is 142 Å². The Balaban J connectivity index is 2.24. The number of benzene rings is 2. The SMILES string of the molecule is COCOc1cccc(/C=C/c2ccc(OC)cc2)c1OCOC. The molecule has 0 atom stereocenters. The minimum absolute atomic E-state index is 0.136. The molecule has 0 unspecified atom stereocenters. The standard InChI is InChI=1S/C19H22O5/c1-20-13-23-18-6-4-5-16(19(18)24-14-21-2)10-7-15-8-11-17(22-3)12-9-15/h4-12H,13-14H2,1-3H3/b10-7+. The molecule has 0 fully saturated rings. The first kappa shape index (κ1) is 17.8. The monoisotopic (exact) mass is 330 g/mol. The van der Waals surface area contributed by atoms with E-state index in [1.54, 1.807) is 21.3 Å². The fourth-order valence-electron chi connectivity index (χ4n) is 2.07. The highest BCUT2D eigenvalue weighted by Crippen LogP contribution is 2.33. The predicted octanol–water partition coefficient (Wildman–Crippen LogP) is 3.83. The van der Waals surface area contributed by atoms with E-state index >= 15 is 0 Å². The van der Waals surface area contributed by atoms with Gasteiger partial charge in [0.15, 0.2) is 25.1 Å². The van der Waals surface area contributed by atoms with Gasteiger partial charge in [-0.1, -0.05) is 36.4 Å². The molecule has 5 nitrogen and oxygen atoms in total. The molecular formula is C19H22O5. The van der Waals surface area contributed by atoms with E-state index in [-0.39, 0.29) is 13.6 Å². The van der Waals surface area contributed by atoms with Gasteiger partial charge in [0.1, 0.15) is 5.75 Å². The molecular weight excluding hydrogens is 308 g/mol. The van der Waals surface area contributed by atoms with Crippen molar-refractivity contribution in [2.24, 2.45) is 0 Å². The van der Waals surface area contributed by atoms with Gasteiger partial charge in [-0.3, -0.25) is 0 Å². The first-order valence-electron chi connectivity index (χ1n) is 7.47. The molecule has 0 aliphatic carbocycles. The highest BCUT2D eigenvalue weighted by molar-refractivity contribution is 5.74. The van der Waals surface area contributed by atoms with Crippen LogP contribution in [0.25, 0.3) is 12.2 Å². The molecule has 24 heavy (non-hydrogen) atoms. The summed E-state index contributed by atoms with van der Waals surface area (Å²) in [6.07, 6.45) is 3.96. The zero-order valence-electron chi connectivity index (χ0n) is 14.2. The largest absolute Gasteiger partial charge is 0.497 e. The van der Waals surface area contributed by atoms with Crippen molar-refractivity contribution in [3.8, 4) is 17.2 Å². The molecule has 0 saturated heterocycles. The second-order valence-electron chi connectivity index (χ2n) is 4.88. The molecule has 0 amide bonds. The lowest BCUT2D eigenvalue weighted by molar-refractivity contribution is 0.0321. The van der Waals surface area contributed by atoms with E-state index in [2.05, 4.69) is 0 Å². The summed E-state index contributed by atoms with van der Waals surface area (Å²) in [5.41, 5.74) is 1.94. The summed E-state index contributed by atoms with van der Waals surface area (Å²) in [5, 5.41) is 0. The number of hydrogen-bond acceptors (Lipinski definition) is 5. The third-order valence-corrected chi connectivity index (χ3v) is 3.23. The van der Waals surface area contributed by atoms with Gasteiger partial charge in [0.05, 0.1) is 7.11 Å². The molecule has 0 radical (unpaired) electrons. The van der Waals surface area contributed by atoms with Gasteiger partial charge in [-0.25, -0.2) is 0 Å². The van der Waals surface area contributed by atoms with E-state index < -0.39 is 0 Å². The van der Waals surface area contributed by atoms with Gasteiger partial charge in [0, 0.05) is 19.8 Å². The van der Waals surface area contributed by atoms with Crippen molar-refractivity contribution in [3.63, 3.8) is 0 Å². The summed E-state index contributed by atoms with van der Waals surface area (Å²) in [6, 6.07) is 13.5. The highest BCUT2D eigenvalue weighted by atomic mass is 16.7. The molecule has 128 valence electrons. The molecule has 0 saturated carbocycles. The van der Waals surface area contributed by atoms with Crippen LogP contribution >= 0.6 is 0 Å². The molecule has 2 aromatic rings. The average Bonchev–Trinajstić information content (AvgIpc) is 2.63. The quantitative estimate of drug-likeness (QED) is 0.516. The average molecular weight is 330 g/mol. The molecule has 0 heterocycles. The van der Waals surface area contributed by atoms with Crippen molar-refractivity contribution in [2.45, 2.75) is 0 Å². The van der Waals surface area contributed by atoms with Crippen LogP contribution in [0.3, 0.4) is 0 Å². The maximum absolute atomic E-state index is 5.67. The van der Waals surface area contributed by atoms with Gasteiger partial charge in [0.2, 0.25) is 0 Å². The molecule has 0 spiro atoms. The lowest BCUT2D eigenvalue weighted by atomic mass is 10.1. The van der Waals surface area contributed by atoms with Gasteiger partial charge in [0.25, 0.3) is 0 Å². The Hall–Kier alpha value is -2.50. The van der Waals surface area contributed by atoms with E-state index in [1.807, 2.05) is 54.6 Å². The first-order chi connectivity index (χ1) is 11.8. The maximum atomic E-state index is 5.67. The zero-order valence-corrected chi connectivity index (χ0v) is 14.2. The summed E-state index contributed by atoms with van der Waals surface area (Å²) in [4.78, 5) is 0. The van der Waals surface area contributed by atoms with Crippen molar-refractivity contribution in [3.05, 3.63) is 53.6 Å². The van der Waals surface area contributed by atoms with Crippen molar-refractivity contribution < 1.29 is 23.7 Å². The van der Waals surface area contributed by atoms with Crippen molar-refractivity contribution in [1.82, 2.24) is 0 Å². The van der Waals surface area contributed by atoms with Crippen LogP contribution in [0.15, 0.2) is 42.5 Å². The summed E-state index contributed by atoms with van der Waals surface area (Å²) < 4.78 is 26.3. The lowest BCUT2D eigenvalue weighted by Crippen LogP contribution is -2.05. The number of rotatable bonds is 9. The van der Waals surface area contributed by atoms with Gasteiger partial charge in [-0.05, 0) is 23.8 Å². The summed E-state index contributed by atoms with van der Waals surface area (Å²) >= 11 is 0. The molecule has 2 rings (SSSR count). The van der Waals surface area contributed by atoms with Gasteiger partial charge in [-0.15, -0.1) is 0 Å². The topological polar surface area (TPSA) is 46.2 Å². The van der Waals surface area contributed by atoms with E-state index in [0.29, 0.717) is 11.5 Å². The van der Waals surface area contributed by atoms with E-state index in [9.17, 15) is 0 Å². The molecule has 0 aromatic heterocycles. The van der Waals surface area contributed by atoms with Gasteiger partial charge < -0.3 is 23.7 Å². The molecule has 5 heteroatoms. The molecule has 0 aliphatic rings. The van der Waals surface area contributed by atoms with Crippen LogP contribution in [-0.4, -0.2) is 34.9 Å². The second kappa shape index (κ2) is 9.60. The van der Waals surface area contributed by atoms with E-state index in [1.165, 1.54) is 0 Å². The van der Waals surface area contributed by atoms with Crippen LogP contribution in [0.5, 0.6) is 17.2 Å². The normalized spacial score (nSPS) is 10.8. The Kier molecular flexibility index (Phi) is 7.14. The van der Waals surface area contributed by atoms with Crippen LogP contribution in [0.2, 0.25) is 0 Å². The Morgan fingerprint density at radius 1 is 0.792 bits per heavy atom. The summed E-state index contributed by atoms with van der Waals surface area (Å²) in [5.74, 6) is 2.04. The Morgan fingerprint density at radius 2 is 1.50 bits per heavy atom. The fourth-order valence-corrected chi connectivity index (χ4v) is 2.07. The number of hydrogen-bond donors (Lipinski definition) is 0. The van der Waals surface area contributed by atoms with Crippen LogP contribution in [0.1, 0.15) is 11.1 Å². The molecule has 0 N–H and O–H groups in total. The molecule has 0 bridgehead atoms. The van der Waals surface area contributed by atoms with Gasteiger partial charge in [-0.2, -0.15) is 0 Å². The minimum Gasteiger partial charge on any atom is -0.497 e. The van der Waals surface area contributed by atoms with Crippen LogP contribution in [0, 0.1) is 0 Å². The lowest BCUT2D eigenvalue weighted by Gasteiger charge is -2.14. The predicted molar refractivity (Wildman–Crippen MR) is 93.4 cm³/mol. The zero-order chi connectivity index (χ0) is 17.2. The Morgan fingerprint density at radius 3 is 2.17 bits per heavy atom. The summed E-state index contributed by atoms with van der Waals surface area (Å²) in [7, 11) is 4.80. The Bertz CT molecular complexity index is 649. The van der Waals surface area contributed by atoms with E-state index in [0.717, 1.165) is 16.9 Å². The highest BCUT2D eigenvalue weighted by Gasteiger charge is 2.09. The fraction of sp³-hybridized carbons (Fsp3) is 0.263. The van der Waals surface area contributed by atoms with Crippen LogP contribution < -0.4 is 14.2 Å². The van der Waals surface area contributed by atoms with Gasteiger partial charge >= 0.3 is 0 Å². The second-order valence-corrected chi connectivity index (χ2v) is 4.88. The molecule has 0 aliphatic heterocycles. The third kappa shape index (κ3) is 5.01. The van der Waals surface area contributed by atoms with Crippen LogP contribution in [0.4, 0.5) is 0 Å².